The van der Waals surface area contributed by atoms with Crippen LogP contribution in [-0.2, 0) is 10.0 Å². The largest absolute Gasteiger partial charge is 0.326 e. The van der Waals surface area contributed by atoms with Gasteiger partial charge in [-0.2, -0.15) is 0 Å². The van der Waals surface area contributed by atoms with Crippen LogP contribution in [0.3, 0.4) is 0 Å². The third-order valence-electron chi connectivity index (χ3n) is 6.60. The van der Waals surface area contributed by atoms with Crippen molar-refractivity contribution in [1.29, 1.82) is 0 Å². The lowest BCUT2D eigenvalue weighted by molar-refractivity contribution is 0.0963. The number of carbonyl (C=O) groups is 1. The Bertz CT molecular complexity index is 953. The predicted molar refractivity (Wildman–Crippen MR) is 118 cm³/mol. The van der Waals surface area contributed by atoms with Gasteiger partial charge in [0, 0.05) is 16.9 Å². The number of carbonyl (C=O) groups excluding carboxylic acids is 1. The first-order chi connectivity index (χ1) is 13.4. The lowest BCUT2D eigenvalue weighted by Gasteiger charge is -2.24. The summed E-state index contributed by atoms with van der Waals surface area (Å²) in [6.45, 7) is 11.8. The molecule has 0 heterocycles. The average Bonchev–Trinajstić information content (AvgIpc) is 2.85. The van der Waals surface area contributed by atoms with E-state index in [0.717, 1.165) is 12.1 Å². The number of allylic oxidation sites excluding steroid dienone is 4. The van der Waals surface area contributed by atoms with Gasteiger partial charge < -0.3 is 5.32 Å². The topological polar surface area (TPSA) is 75.3 Å². The van der Waals surface area contributed by atoms with Crippen molar-refractivity contribution in [3.05, 3.63) is 53.3 Å². The molecule has 29 heavy (non-hydrogen) atoms. The molecule has 0 spiro atoms. The van der Waals surface area contributed by atoms with Gasteiger partial charge in [0.05, 0.1) is 4.75 Å². The Labute approximate surface area is 174 Å². The molecule has 1 aromatic carbocycles. The van der Waals surface area contributed by atoms with Crippen LogP contribution >= 0.6 is 0 Å². The van der Waals surface area contributed by atoms with Gasteiger partial charge in [-0.25, -0.2) is 8.42 Å². The van der Waals surface area contributed by atoms with E-state index in [4.69, 9.17) is 0 Å². The standard InChI is InChI=1S/C23H32N2O3S/c1-14-15(2)20-12-11-19(13-21(20)16(14)3)24-22(26)17-7-9-18(10-8-17)25-29(27,28)23(4,5)6/h7-12,14-16,21,25H,13H2,1-6H3,(H,24,26). The van der Waals surface area contributed by atoms with Gasteiger partial charge in [-0.15, -0.1) is 0 Å². The quantitative estimate of drug-likeness (QED) is 0.746. The highest BCUT2D eigenvalue weighted by Crippen LogP contribution is 2.49. The average molecular weight is 417 g/mol. The summed E-state index contributed by atoms with van der Waals surface area (Å²) in [4.78, 5) is 12.7. The van der Waals surface area contributed by atoms with E-state index in [1.807, 2.05) is 6.08 Å². The van der Waals surface area contributed by atoms with Crippen LogP contribution in [0.2, 0.25) is 0 Å². The first kappa shape index (κ1) is 21.6. The first-order valence-corrected chi connectivity index (χ1v) is 11.7. The molecule has 1 saturated carbocycles. The maximum atomic E-state index is 12.7. The molecule has 158 valence electrons. The highest BCUT2D eigenvalue weighted by atomic mass is 32.2. The normalized spacial score (nSPS) is 27.0. The summed E-state index contributed by atoms with van der Waals surface area (Å²) in [6.07, 6.45) is 5.06. The van der Waals surface area contributed by atoms with E-state index in [1.165, 1.54) is 5.57 Å². The van der Waals surface area contributed by atoms with Crippen molar-refractivity contribution in [1.82, 2.24) is 5.32 Å². The van der Waals surface area contributed by atoms with Gasteiger partial charge in [-0.1, -0.05) is 32.4 Å². The summed E-state index contributed by atoms with van der Waals surface area (Å²) >= 11 is 0. The Morgan fingerprint density at radius 2 is 1.62 bits per heavy atom. The highest BCUT2D eigenvalue weighted by molar-refractivity contribution is 7.94. The minimum Gasteiger partial charge on any atom is -0.326 e. The third kappa shape index (κ3) is 4.27. The third-order valence-corrected chi connectivity index (χ3v) is 8.72. The SMILES string of the molecule is CC1C2=CC=C(NC(=O)c3ccc(NS(=O)(=O)C(C)(C)C)cc3)CC2C(C)C1C. The number of anilines is 1. The molecule has 0 bridgehead atoms. The molecule has 5 nitrogen and oxygen atoms in total. The lowest BCUT2D eigenvalue weighted by Crippen LogP contribution is -2.33. The zero-order valence-electron chi connectivity index (χ0n) is 18.1. The van der Waals surface area contributed by atoms with Crippen LogP contribution in [0.25, 0.3) is 0 Å². The molecule has 4 atom stereocenters. The van der Waals surface area contributed by atoms with Gasteiger partial charge in [-0.3, -0.25) is 9.52 Å². The van der Waals surface area contributed by atoms with Crippen LogP contribution in [0.5, 0.6) is 0 Å². The van der Waals surface area contributed by atoms with Gasteiger partial charge in [0.15, 0.2) is 0 Å². The summed E-state index contributed by atoms with van der Waals surface area (Å²) in [5, 5.41) is 3.03. The maximum Gasteiger partial charge on any atom is 0.255 e. The van der Waals surface area contributed by atoms with Crippen LogP contribution in [0.4, 0.5) is 5.69 Å². The first-order valence-electron chi connectivity index (χ1n) is 10.2. The molecular formula is C23H32N2O3S. The summed E-state index contributed by atoms with van der Waals surface area (Å²) in [7, 11) is -3.50. The molecular weight excluding hydrogens is 384 g/mol. The van der Waals surface area contributed by atoms with Gasteiger partial charge in [0.25, 0.3) is 5.91 Å². The molecule has 1 fully saturated rings. The predicted octanol–water partition coefficient (Wildman–Crippen LogP) is 4.71. The summed E-state index contributed by atoms with van der Waals surface area (Å²) < 4.78 is 26.2. The van der Waals surface area contributed by atoms with E-state index < -0.39 is 14.8 Å². The van der Waals surface area contributed by atoms with E-state index in [2.05, 4.69) is 36.9 Å². The highest BCUT2D eigenvalue weighted by Gasteiger charge is 2.40. The second kappa shape index (κ2) is 7.63. The van der Waals surface area contributed by atoms with E-state index in [1.54, 1.807) is 45.0 Å². The fourth-order valence-corrected chi connectivity index (χ4v) is 4.91. The number of hydrogen-bond acceptors (Lipinski definition) is 3. The van der Waals surface area contributed by atoms with Crippen molar-refractivity contribution < 1.29 is 13.2 Å². The Hall–Kier alpha value is -2.08. The number of hydrogen-bond donors (Lipinski definition) is 2. The second-order valence-electron chi connectivity index (χ2n) is 9.43. The molecule has 2 aliphatic carbocycles. The fraction of sp³-hybridized carbons (Fsp3) is 0.522. The number of fused-ring (bicyclic) bond motifs is 1. The van der Waals surface area contributed by atoms with Crippen molar-refractivity contribution in [3.63, 3.8) is 0 Å². The molecule has 0 aliphatic heterocycles. The van der Waals surface area contributed by atoms with E-state index in [0.29, 0.717) is 34.9 Å². The van der Waals surface area contributed by atoms with Gasteiger partial charge in [0.2, 0.25) is 10.0 Å². The number of amides is 1. The fourth-order valence-electron chi connectivity index (χ4n) is 4.16. The van der Waals surface area contributed by atoms with E-state index in [-0.39, 0.29) is 5.91 Å². The number of sulfonamides is 1. The Balaban J connectivity index is 1.67. The molecule has 6 heteroatoms. The summed E-state index contributed by atoms with van der Waals surface area (Å²) in [5.41, 5.74) is 3.39. The molecule has 2 N–H and O–H groups in total. The summed E-state index contributed by atoms with van der Waals surface area (Å²) in [6, 6.07) is 6.52. The molecule has 0 radical (unpaired) electrons. The zero-order valence-corrected chi connectivity index (χ0v) is 18.9. The number of rotatable bonds is 4. The van der Waals surface area contributed by atoms with Crippen LogP contribution in [0.15, 0.2) is 47.7 Å². The molecule has 3 rings (SSSR count). The second-order valence-corrected chi connectivity index (χ2v) is 11.9. The van der Waals surface area contributed by atoms with Crippen LogP contribution in [0.1, 0.15) is 58.3 Å². The zero-order chi connectivity index (χ0) is 21.6. The molecule has 0 saturated heterocycles. The molecule has 2 aliphatic rings. The molecule has 0 aromatic heterocycles. The van der Waals surface area contributed by atoms with E-state index >= 15 is 0 Å². The van der Waals surface area contributed by atoms with Crippen molar-refractivity contribution in [2.24, 2.45) is 23.7 Å². The van der Waals surface area contributed by atoms with Crippen LogP contribution < -0.4 is 10.0 Å². The van der Waals surface area contributed by atoms with Crippen molar-refractivity contribution >= 4 is 21.6 Å². The molecule has 1 amide bonds. The van der Waals surface area contributed by atoms with Crippen molar-refractivity contribution in [2.75, 3.05) is 4.72 Å². The monoisotopic (exact) mass is 416 g/mol. The lowest BCUT2D eigenvalue weighted by atomic mass is 9.85. The maximum absolute atomic E-state index is 12.7. The number of benzene rings is 1. The van der Waals surface area contributed by atoms with Gasteiger partial charge in [-0.05, 0) is 81.2 Å². The minimum atomic E-state index is -3.50. The van der Waals surface area contributed by atoms with Crippen molar-refractivity contribution in [3.8, 4) is 0 Å². The van der Waals surface area contributed by atoms with Crippen LogP contribution in [0, 0.1) is 23.7 Å². The van der Waals surface area contributed by atoms with Crippen LogP contribution in [-0.4, -0.2) is 19.1 Å². The molecule has 4 unspecified atom stereocenters. The summed E-state index contributed by atoms with van der Waals surface area (Å²) in [5.74, 6) is 2.17. The Morgan fingerprint density at radius 1 is 1.00 bits per heavy atom. The van der Waals surface area contributed by atoms with E-state index in [9.17, 15) is 13.2 Å². The smallest absolute Gasteiger partial charge is 0.255 e. The Kier molecular flexibility index (Phi) is 5.69. The Morgan fingerprint density at radius 3 is 2.21 bits per heavy atom. The van der Waals surface area contributed by atoms with Gasteiger partial charge in [0.1, 0.15) is 0 Å². The van der Waals surface area contributed by atoms with Crippen molar-refractivity contribution in [2.45, 2.75) is 52.7 Å². The molecule has 1 aromatic rings. The van der Waals surface area contributed by atoms with Gasteiger partial charge >= 0.3 is 0 Å². The number of nitrogens with one attached hydrogen (secondary N) is 2. The minimum absolute atomic E-state index is 0.176.